The van der Waals surface area contributed by atoms with E-state index < -0.39 is 26.9 Å². The number of nitrogens with one attached hydrogen (secondary N) is 1. The van der Waals surface area contributed by atoms with Crippen molar-refractivity contribution in [3.63, 3.8) is 0 Å². The molecule has 1 heterocycles. The third kappa shape index (κ3) is 4.03. The van der Waals surface area contributed by atoms with E-state index in [1.807, 2.05) is 0 Å². The first-order valence-corrected chi connectivity index (χ1v) is 9.43. The standard InChI is InChI=1S/C12H16N2O6S2/c1-21(16)10-4-2-3-5-11(10)22(17,18)13-20-12(15)14-6-8-19-9-7-14/h2-5,13H,6-9H2,1H3. The van der Waals surface area contributed by atoms with E-state index in [0.717, 1.165) is 0 Å². The molecular formula is C12H16N2O6S2. The Morgan fingerprint density at radius 2 is 1.95 bits per heavy atom. The highest BCUT2D eigenvalue weighted by atomic mass is 32.2. The number of amides is 1. The molecule has 0 spiro atoms. The summed E-state index contributed by atoms with van der Waals surface area (Å²) in [4.78, 5) is 19.4. The van der Waals surface area contributed by atoms with Crippen LogP contribution in [-0.2, 0) is 30.4 Å². The average Bonchev–Trinajstić information content (AvgIpc) is 2.53. The third-order valence-corrected chi connectivity index (χ3v) is 5.30. The van der Waals surface area contributed by atoms with E-state index in [1.54, 1.807) is 11.0 Å². The maximum Gasteiger partial charge on any atom is 0.429 e. The number of hydrogen-bond donors (Lipinski definition) is 1. The van der Waals surface area contributed by atoms with Crippen LogP contribution in [0.2, 0.25) is 0 Å². The van der Waals surface area contributed by atoms with Crippen molar-refractivity contribution in [3.05, 3.63) is 24.3 Å². The number of carbonyl (C=O) groups is 1. The summed E-state index contributed by atoms with van der Waals surface area (Å²) >= 11 is 0. The quantitative estimate of drug-likeness (QED) is 0.774. The van der Waals surface area contributed by atoms with Crippen molar-refractivity contribution in [1.29, 1.82) is 0 Å². The summed E-state index contributed by atoms with van der Waals surface area (Å²) in [6, 6.07) is 5.81. The fourth-order valence-corrected chi connectivity index (χ4v) is 4.02. The molecule has 1 N–H and O–H groups in total. The lowest BCUT2D eigenvalue weighted by Gasteiger charge is -2.25. The summed E-state index contributed by atoms with van der Waals surface area (Å²) < 4.78 is 41.0. The molecule has 2 rings (SSSR count). The second-order valence-corrected chi connectivity index (χ2v) is 7.42. The van der Waals surface area contributed by atoms with E-state index in [-0.39, 0.29) is 9.79 Å². The van der Waals surface area contributed by atoms with Gasteiger partial charge in [-0.1, -0.05) is 12.1 Å². The molecule has 0 aliphatic carbocycles. The first-order chi connectivity index (χ1) is 10.4. The molecule has 0 bridgehead atoms. The highest BCUT2D eigenvalue weighted by Gasteiger charge is 2.24. The first-order valence-electron chi connectivity index (χ1n) is 6.39. The van der Waals surface area contributed by atoms with Crippen LogP contribution < -0.4 is 4.89 Å². The Labute approximate surface area is 130 Å². The number of morpholine rings is 1. The molecule has 22 heavy (non-hydrogen) atoms. The lowest BCUT2D eigenvalue weighted by atomic mass is 10.4. The van der Waals surface area contributed by atoms with Gasteiger partial charge in [-0.25, -0.2) is 13.2 Å². The van der Waals surface area contributed by atoms with Gasteiger partial charge in [-0.05, 0) is 17.0 Å². The van der Waals surface area contributed by atoms with Crippen LogP contribution in [0.25, 0.3) is 0 Å². The fourth-order valence-electron chi connectivity index (χ4n) is 1.86. The van der Waals surface area contributed by atoms with E-state index in [0.29, 0.717) is 26.3 Å². The van der Waals surface area contributed by atoms with Crippen molar-refractivity contribution in [3.8, 4) is 0 Å². The Balaban J connectivity index is 2.08. The second-order valence-electron chi connectivity index (χ2n) is 4.46. The lowest BCUT2D eigenvalue weighted by Crippen LogP contribution is -2.43. The molecule has 0 aromatic heterocycles. The molecule has 1 aliphatic rings. The Morgan fingerprint density at radius 1 is 1.32 bits per heavy atom. The third-order valence-electron chi connectivity index (χ3n) is 2.96. The SMILES string of the molecule is CS(=O)c1ccccc1S(=O)(=O)NOC(=O)N1CCOCC1. The van der Waals surface area contributed by atoms with Crippen molar-refractivity contribution in [2.24, 2.45) is 0 Å². The van der Waals surface area contributed by atoms with Crippen LogP contribution in [0.15, 0.2) is 34.1 Å². The molecule has 0 radical (unpaired) electrons. The first kappa shape index (κ1) is 16.9. The van der Waals surface area contributed by atoms with Crippen LogP contribution in [0.5, 0.6) is 0 Å². The zero-order valence-corrected chi connectivity index (χ0v) is 13.5. The average molecular weight is 348 g/mol. The van der Waals surface area contributed by atoms with E-state index in [2.05, 4.69) is 4.84 Å². The summed E-state index contributed by atoms with van der Waals surface area (Å²) in [7, 11) is -5.61. The summed E-state index contributed by atoms with van der Waals surface area (Å²) in [5, 5.41) is 0. The molecular weight excluding hydrogens is 332 g/mol. The summed E-state index contributed by atoms with van der Waals surface area (Å²) in [5.41, 5.74) is 0. The van der Waals surface area contributed by atoms with Gasteiger partial charge in [0.1, 0.15) is 4.90 Å². The van der Waals surface area contributed by atoms with Crippen LogP contribution in [0.1, 0.15) is 0 Å². The molecule has 122 valence electrons. The van der Waals surface area contributed by atoms with Gasteiger partial charge in [0.15, 0.2) is 0 Å². The van der Waals surface area contributed by atoms with Crippen LogP contribution >= 0.6 is 0 Å². The van der Waals surface area contributed by atoms with Crippen molar-refractivity contribution >= 4 is 26.9 Å². The van der Waals surface area contributed by atoms with Crippen molar-refractivity contribution in [2.75, 3.05) is 32.6 Å². The van der Waals surface area contributed by atoms with Gasteiger partial charge in [-0.15, -0.1) is 0 Å². The zero-order valence-electron chi connectivity index (χ0n) is 11.9. The lowest BCUT2D eigenvalue weighted by molar-refractivity contribution is 0.0203. The van der Waals surface area contributed by atoms with Gasteiger partial charge in [0, 0.05) is 19.3 Å². The van der Waals surface area contributed by atoms with E-state index in [9.17, 15) is 17.4 Å². The zero-order chi connectivity index (χ0) is 16.2. The van der Waals surface area contributed by atoms with Crippen LogP contribution in [0.3, 0.4) is 0 Å². The Hall–Kier alpha value is -1.49. The molecule has 1 atom stereocenters. The smallest absolute Gasteiger partial charge is 0.378 e. The maximum absolute atomic E-state index is 12.2. The number of carbonyl (C=O) groups excluding carboxylic acids is 1. The fraction of sp³-hybridized carbons (Fsp3) is 0.417. The largest absolute Gasteiger partial charge is 0.429 e. The van der Waals surface area contributed by atoms with Crippen LogP contribution in [-0.4, -0.2) is 56.2 Å². The molecule has 1 fully saturated rings. The van der Waals surface area contributed by atoms with Crippen molar-refractivity contribution in [2.45, 2.75) is 9.79 Å². The summed E-state index contributed by atoms with van der Waals surface area (Å²) in [6.07, 6.45) is 0.565. The van der Waals surface area contributed by atoms with Gasteiger partial charge in [0.2, 0.25) is 0 Å². The minimum Gasteiger partial charge on any atom is -0.378 e. The number of hydrogen-bond acceptors (Lipinski definition) is 6. The Morgan fingerprint density at radius 3 is 2.59 bits per heavy atom. The van der Waals surface area contributed by atoms with Crippen LogP contribution in [0, 0.1) is 0 Å². The predicted molar refractivity (Wildman–Crippen MR) is 78.0 cm³/mol. The number of rotatable bonds is 4. The van der Waals surface area contributed by atoms with Gasteiger partial charge in [0.05, 0.1) is 28.9 Å². The number of benzene rings is 1. The van der Waals surface area contributed by atoms with Gasteiger partial charge < -0.3 is 14.5 Å². The van der Waals surface area contributed by atoms with Crippen molar-refractivity contribution in [1.82, 2.24) is 9.79 Å². The summed E-state index contributed by atoms with van der Waals surface area (Å²) in [5.74, 6) is 0. The molecule has 0 saturated carbocycles. The minimum atomic E-state index is -4.11. The maximum atomic E-state index is 12.2. The van der Waals surface area contributed by atoms with E-state index in [4.69, 9.17) is 4.74 Å². The Kier molecular flexibility index (Phi) is 5.51. The predicted octanol–water partition coefficient (Wildman–Crippen LogP) is 0.0861. The number of nitrogens with zero attached hydrogens (tertiary/aromatic N) is 1. The molecule has 1 unspecified atom stereocenters. The number of sulfonamides is 1. The monoisotopic (exact) mass is 348 g/mol. The van der Waals surface area contributed by atoms with Gasteiger partial charge >= 0.3 is 6.09 Å². The second kappa shape index (κ2) is 7.18. The number of ether oxygens (including phenoxy) is 1. The molecule has 1 amide bonds. The summed E-state index contributed by atoms with van der Waals surface area (Å²) in [6.45, 7) is 1.41. The Bertz CT molecular complexity index is 670. The topological polar surface area (TPSA) is 102 Å². The van der Waals surface area contributed by atoms with Gasteiger partial charge in [0.25, 0.3) is 10.0 Å². The normalized spacial score (nSPS) is 17.0. The van der Waals surface area contributed by atoms with E-state index >= 15 is 0 Å². The van der Waals surface area contributed by atoms with Crippen LogP contribution in [0.4, 0.5) is 4.79 Å². The molecule has 10 heteroatoms. The molecule has 1 aromatic carbocycles. The highest BCUT2D eigenvalue weighted by molar-refractivity contribution is 7.90. The molecule has 1 aromatic rings. The molecule has 8 nitrogen and oxygen atoms in total. The van der Waals surface area contributed by atoms with E-state index in [1.165, 1.54) is 29.4 Å². The van der Waals surface area contributed by atoms with Gasteiger partial charge in [-0.3, -0.25) is 4.21 Å². The van der Waals surface area contributed by atoms with Crippen molar-refractivity contribution < 1.29 is 27.0 Å². The molecule has 1 aliphatic heterocycles. The molecule has 1 saturated heterocycles. The van der Waals surface area contributed by atoms with Gasteiger partial charge in [-0.2, -0.15) is 0 Å². The highest BCUT2D eigenvalue weighted by Crippen LogP contribution is 2.18. The minimum absolute atomic E-state index is 0.137.